The Bertz CT molecular complexity index is 1070. The molecule has 0 aliphatic heterocycles. The van der Waals surface area contributed by atoms with Crippen LogP contribution in [0.3, 0.4) is 0 Å². The molecule has 0 amide bonds. The topological polar surface area (TPSA) is 108 Å². The molecule has 0 spiro atoms. The molecule has 1 N–H and O–H groups in total. The maximum absolute atomic E-state index is 12.7. The number of hydrogen-bond donors (Lipinski definition) is 1. The van der Waals surface area contributed by atoms with E-state index in [2.05, 4.69) is 50.3 Å². The van der Waals surface area contributed by atoms with Crippen molar-refractivity contribution in [2.75, 3.05) is 47.5 Å². The molecule has 0 saturated heterocycles. The minimum absolute atomic E-state index is 0.0295. The first kappa shape index (κ1) is 55.2. The number of carbonyl (C=O) groups is 2. The molecule has 0 heterocycles. The molecule has 0 aromatic rings. The highest BCUT2D eigenvalue weighted by atomic mass is 31.2. The predicted molar refractivity (Wildman–Crippen MR) is 238 cm³/mol. The molecule has 0 bridgehead atoms. The van der Waals surface area contributed by atoms with Crippen LogP contribution >= 0.6 is 7.82 Å². The number of phosphoric acid groups is 1. The first-order valence-electron chi connectivity index (χ1n) is 23.2. The molecule has 0 aromatic heterocycles. The summed E-state index contributed by atoms with van der Waals surface area (Å²) in [6.07, 6.45) is 44.8. The Morgan fingerprint density at radius 2 is 0.947 bits per heavy atom. The molecule has 0 aliphatic carbocycles. The van der Waals surface area contributed by atoms with Gasteiger partial charge >= 0.3 is 19.8 Å². The van der Waals surface area contributed by atoms with Crippen molar-refractivity contribution in [3.63, 3.8) is 0 Å². The van der Waals surface area contributed by atoms with E-state index in [1.807, 2.05) is 21.1 Å². The molecule has 0 rings (SSSR count). The molecular formula is C47H89NO8P+. The summed E-state index contributed by atoms with van der Waals surface area (Å²) < 4.78 is 34.3. The lowest BCUT2D eigenvalue weighted by molar-refractivity contribution is -0.870. The molecular weight excluding hydrogens is 737 g/mol. The summed E-state index contributed by atoms with van der Waals surface area (Å²) in [4.78, 5) is 35.4. The second-order valence-electron chi connectivity index (χ2n) is 16.8. The van der Waals surface area contributed by atoms with Gasteiger partial charge in [-0.3, -0.25) is 18.6 Å². The molecule has 0 aromatic carbocycles. The quantitative estimate of drug-likeness (QED) is 0.0213. The van der Waals surface area contributed by atoms with E-state index in [-0.39, 0.29) is 32.0 Å². The van der Waals surface area contributed by atoms with Gasteiger partial charge in [-0.05, 0) is 70.6 Å². The van der Waals surface area contributed by atoms with Gasteiger partial charge in [0.05, 0.1) is 27.7 Å². The second kappa shape index (κ2) is 39.7. The van der Waals surface area contributed by atoms with Crippen molar-refractivity contribution in [3.05, 3.63) is 36.5 Å². The van der Waals surface area contributed by atoms with Crippen LogP contribution in [-0.4, -0.2) is 74.9 Å². The Labute approximate surface area is 351 Å². The number of phosphoric ester groups is 1. The molecule has 0 radical (unpaired) electrons. The van der Waals surface area contributed by atoms with E-state index in [9.17, 15) is 19.0 Å². The maximum atomic E-state index is 12.7. The Morgan fingerprint density at radius 1 is 0.544 bits per heavy atom. The average molecular weight is 827 g/mol. The van der Waals surface area contributed by atoms with E-state index in [1.165, 1.54) is 96.3 Å². The number of ether oxygens (including phenoxy) is 2. The minimum atomic E-state index is -4.38. The van der Waals surface area contributed by atoms with Crippen molar-refractivity contribution in [1.29, 1.82) is 0 Å². The fraction of sp³-hybridized carbons (Fsp3) is 0.830. The van der Waals surface area contributed by atoms with Gasteiger partial charge in [0.2, 0.25) is 0 Å². The number of esters is 2. The third kappa shape index (κ3) is 43.6. The number of quaternary nitrogens is 1. The number of carbonyl (C=O) groups excluding carboxylic acids is 2. The summed E-state index contributed by atoms with van der Waals surface area (Å²) in [6, 6.07) is 0. The van der Waals surface area contributed by atoms with Crippen LogP contribution in [0, 0.1) is 0 Å². The molecule has 334 valence electrons. The Kier molecular flexibility index (Phi) is 38.4. The largest absolute Gasteiger partial charge is 0.472 e. The van der Waals surface area contributed by atoms with Crippen LogP contribution in [0.25, 0.3) is 0 Å². The van der Waals surface area contributed by atoms with Crippen molar-refractivity contribution >= 4 is 19.8 Å². The molecule has 57 heavy (non-hydrogen) atoms. The zero-order valence-electron chi connectivity index (χ0n) is 37.6. The summed E-state index contributed by atoms with van der Waals surface area (Å²) in [7, 11) is 1.47. The van der Waals surface area contributed by atoms with E-state index >= 15 is 0 Å². The van der Waals surface area contributed by atoms with E-state index in [0.29, 0.717) is 17.4 Å². The first-order chi connectivity index (χ1) is 27.5. The Morgan fingerprint density at radius 3 is 1.44 bits per heavy atom. The SMILES string of the molecule is CCCCC/C=C\CCCCCCCC(=O)OCC(COP(=O)(O)OCC[N+](C)(C)C)OC(=O)CCCCCCCCCCC/C=C\C/C=C\CCCCCCC. The normalized spacial score (nSPS) is 13.9. The predicted octanol–water partition coefficient (Wildman–Crippen LogP) is 13.3. The zero-order chi connectivity index (χ0) is 42.1. The van der Waals surface area contributed by atoms with Crippen molar-refractivity contribution in [2.24, 2.45) is 0 Å². The lowest BCUT2D eigenvalue weighted by atomic mass is 10.1. The highest BCUT2D eigenvalue weighted by Gasteiger charge is 2.27. The van der Waals surface area contributed by atoms with Crippen LogP contribution < -0.4 is 0 Å². The summed E-state index contributed by atoms with van der Waals surface area (Å²) in [6.45, 7) is 4.38. The van der Waals surface area contributed by atoms with Crippen LogP contribution in [0.15, 0.2) is 36.5 Å². The van der Waals surface area contributed by atoms with Crippen LogP contribution in [0.1, 0.15) is 200 Å². The van der Waals surface area contributed by atoms with Gasteiger partial charge in [0.1, 0.15) is 19.8 Å². The highest BCUT2D eigenvalue weighted by molar-refractivity contribution is 7.47. The molecule has 0 saturated carbocycles. The fourth-order valence-corrected chi connectivity index (χ4v) is 6.96. The van der Waals surface area contributed by atoms with Gasteiger partial charge in [0, 0.05) is 12.8 Å². The highest BCUT2D eigenvalue weighted by Crippen LogP contribution is 2.43. The third-order valence-corrected chi connectivity index (χ3v) is 10.9. The maximum Gasteiger partial charge on any atom is 0.472 e. The average Bonchev–Trinajstić information content (AvgIpc) is 3.16. The smallest absolute Gasteiger partial charge is 0.462 e. The van der Waals surface area contributed by atoms with Gasteiger partial charge < -0.3 is 18.9 Å². The van der Waals surface area contributed by atoms with Crippen molar-refractivity contribution < 1.29 is 42.1 Å². The van der Waals surface area contributed by atoms with E-state index < -0.39 is 26.5 Å². The Balaban J connectivity index is 4.29. The third-order valence-electron chi connectivity index (χ3n) is 9.89. The van der Waals surface area contributed by atoms with Gasteiger partial charge in [0.15, 0.2) is 6.10 Å². The second-order valence-corrected chi connectivity index (χ2v) is 18.2. The lowest BCUT2D eigenvalue weighted by Crippen LogP contribution is -2.37. The van der Waals surface area contributed by atoms with Crippen LogP contribution in [0.4, 0.5) is 0 Å². The van der Waals surface area contributed by atoms with Crippen molar-refractivity contribution in [1.82, 2.24) is 0 Å². The number of allylic oxidation sites excluding steroid dienone is 6. The van der Waals surface area contributed by atoms with Gasteiger partial charge in [-0.1, -0.05) is 153 Å². The van der Waals surface area contributed by atoms with Gasteiger partial charge in [-0.15, -0.1) is 0 Å². The fourth-order valence-electron chi connectivity index (χ4n) is 6.21. The number of nitrogens with zero attached hydrogens (tertiary/aromatic N) is 1. The molecule has 10 heteroatoms. The van der Waals surface area contributed by atoms with E-state index in [1.54, 1.807) is 0 Å². The van der Waals surface area contributed by atoms with Crippen LogP contribution in [0.5, 0.6) is 0 Å². The van der Waals surface area contributed by atoms with Crippen LogP contribution in [-0.2, 0) is 32.7 Å². The minimum Gasteiger partial charge on any atom is -0.462 e. The summed E-state index contributed by atoms with van der Waals surface area (Å²) >= 11 is 0. The van der Waals surface area contributed by atoms with Crippen LogP contribution in [0.2, 0.25) is 0 Å². The number of likely N-dealkylation sites (N-methyl/N-ethyl adjacent to an activating group) is 1. The molecule has 0 aliphatic rings. The molecule has 9 nitrogen and oxygen atoms in total. The molecule has 0 fully saturated rings. The summed E-state index contributed by atoms with van der Waals surface area (Å²) in [5.74, 6) is -0.812. The molecule has 2 unspecified atom stereocenters. The number of unbranched alkanes of at least 4 members (excludes halogenated alkanes) is 22. The summed E-state index contributed by atoms with van der Waals surface area (Å²) in [5, 5.41) is 0. The first-order valence-corrected chi connectivity index (χ1v) is 24.7. The monoisotopic (exact) mass is 827 g/mol. The lowest BCUT2D eigenvalue weighted by Gasteiger charge is -2.24. The zero-order valence-corrected chi connectivity index (χ0v) is 38.5. The van der Waals surface area contributed by atoms with E-state index in [0.717, 1.165) is 70.6 Å². The number of rotatable bonds is 42. The number of hydrogen-bond acceptors (Lipinski definition) is 7. The standard InChI is InChI=1S/C47H88NO8P/c1-6-8-10-12-14-16-18-20-21-22-23-24-25-26-27-28-30-32-34-36-38-40-47(50)56-45(44-55-57(51,52)54-42-41-48(3,4)5)43-53-46(49)39-37-35-33-31-29-19-17-15-13-11-9-7-2/h15,17-18,20,22-23,45H,6-14,16,19,21,24-44H2,1-5H3/p+1/b17-15-,20-18-,23-22-. The van der Waals surface area contributed by atoms with E-state index in [4.69, 9.17) is 18.5 Å². The van der Waals surface area contributed by atoms with Gasteiger partial charge in [0.25, 0.3) is 0 Å². The van der Waals surface area contributed by atoms with Crippen molar-refractivity contribution in [3.8, 4) is 0 Å². The van der Waals surface area contributed by atoms with Crippen molar-refractivity contribution in [2.45, 2.75) is 206 Å². The molecule has 2 atom stereocenters. The van der Waals surface area contributed by atoms with Gasteiger partial charge in [-0.25, -0.2) is 4.57 Å². The summed E-state index contributed by atoms with van der Waals surface area (Å²) in [5.41, 5.74) is 0. The Hall–Kier alpha value is -1.77. The van der Waals surface area contributed by atoms with Gasteiger partial charge in [-0.2, -0.15) is 0 Å².